The van der Waals surface area contributed by atoms with E-state index in [0.29, 0.717) is 5.69 Å². The number of nitrogens with zero attached hydrogens (tertiary/aromatic N) is 2. The summed E-state index contributed by atoms with van der Waals surface area (Å²) in [7, 11) is 0. The minimum atomic E-state index is -0.720. The molecule has 1 amide bonds. The molecule has 0 fully saturated rings. The molecule has 1 heterocycles. The highest BCUT2D eigenvalue weighted by molar-refractivity contribution is 5.76. The molecule has 6 nitrogen and oxygen atoms in total. The summed E-state index contributed by atoms with van der Waals surface area (Å²) in [5.74, 6) is -0.291. The van der Waals surface area contributed by atoms with Gasteiger partial charge in [-0.2, -0.15) is 0 Å². The van der Waals surface area contributed by atoms with Crippen LogP contribution in [0.4, 0.5) is 0 Å². The summed E-state index contributed by atoms with van der Waals surface area (Å²) in [6.45, 7) is 3.62. The quantitative estimate of drug-likeness (QED) is 0.629. The van der Waals surface area contributed by atoms with Crippen LogP contribution in [0.1, 0.15) is 24.5 Å². The van der Waals surface area contributed by atoms with Crippen LogP contribution in [0.2, 0.25) is 0 Å². The third kappa shape index (κ3) is 5.10. The second-order valence-electron chi connectivity index (χ2n) is 7.19. The summed E-state index contributed by atoms with van der Waals surface area (Å²) in [4.78, 5) is 37.3. The number of hydrogen-bond donors (Lipinski definition) is 1. The Morgan fingerprint density at radius 3 is 2.38 bits per heavy atom. The van der Waals surface area contributed by atoms with Crippen molar-refractivity contribution < 1.29 is 4.79 Å². The molecule has 150 valence electrons. The number of aromatic nitrogens is 2. The van der Waals surface area contributed by atoms with Crippen LogP contribution in [0.15, 0.2) is 76.6 Å². The minimum absolute atomic E-state index is 0.0363. The molecule has 0 radical (unpaired) electrons. The SMILES string of the molecule is Cc1ccccc1-n1ccn(CC(=O)N[C@@H](C)CCc2ccccc2)c(=O)c1=O. The van der Waals surface area contributed by atoms with Crippen molar-refractivity contribution in [1.82, 2.24) is 14.5 Å². The molecule has 0 aliphatic carbocycles. The molecule has 2 aromatic carbocycles. The maximum atomic E-state index is 12.5. The molecule has 0 spiro atoms. The van der Waals surface area contributed by atoms with E-state index < -0.39 is 11.1 Å². The first-order valence-electron chi connectivity index (χ1n) is 9.67. The van der Waals surface area contributed by atoms with Crippen LogP contribution in [0.3, 0.4) is 0 Å². The predicted molar refractivity (Wildman–Crippen MR) is 113 cm³/mol. The maximum Gasteiger partial charge on any atom is 0.320 e. The molecule has 0 unspecified atom stereocenters. The zero-order valence-corrected chi connectivity index (χ0v) is 16.7. The molecule has 0 saturated carbocycles. The Morgan fingerprint density at radius 2 is 1.66 bits per heavy atom. The Hall–Kier alpha value is -3.41. The van der Waals surface area contributed by atoms with E-state index >= 15 is 0 Å². The monoisotopic (exact) mass is 391 g/mol. The third-order valence-corrected chi connectivity index (χ3v) is 4.86. The van der Waals surface area contributed by atoms with Crippen LogP contribution in [-0.4, -0.2) is 21.1 Å². The van der Waals surface area contributed by atoms with E-state index in [1.54, 1.807) is 6.07 Å². The zero-order valence-electron chi connectivity index (χ0n) is 16.7. The number of nitrogens with one attached hydrogen (secondary N) is 1. The van der Waals surface area contributed by atoms with E-state index in [0.717, 1.165) is 23.0 Å². The Labute approximate surface area is 169 Å². The predicted octanol–water partition coefficient (Wildman–Crippen LogP) is 2.45. The van der Waals surface area contributed by atoms with Gasteiger partial charge in [-0.1, -0.05) is 48.5 Å². The molecule has 1 aromatic heterocycles. The Kier molecular flexibility index (Phi) is 6.44. The molecule has 0 saturated heterocycles. The largest absolute Gasteiger partial charge is 0.352 e. The molecule has 29 heavy (non-hydrogen) atoms. The fourth-order valence-electron chi connectivity index (χ4n) is 3.23. The summed E-state index contributed by atoms with van der Waals surface area (Å²) in [5.41, 5.74) is 1.36. The van der Waals surface area contributed by atoms with Gasteiger partial charge in [-0.05, 0) is 43.9 Å². The summed E-state index contributed by atoms with van der Waals surface area (Å²) in [6, 6.07) is 17.4. The van der Waals surface area contributed by atoms with E-state index in [-0.39, 0.29) is 18.5 Å². The van der Waals surface area contributed by atoms with Crippen molar-refractivity contribution in [3.8, 4) is 5.69 Å². The van der Waals surface area contributed by atoms with E-state index in [1.807, 2.05) is 50.2 Å². The highest BCUT2D eigenvalue weighted by atomic mass is 16.2. The van der Waals surface area contributed by atoms with Gasteiger partial charge >= 0.3 is 11.1 Å². The van der Waals surface area contributed by atoms with E-state index in [4.69, 9.17) is 0 Å². The van der Waals surface area contributed by atoms with Gasteiger partial charge in [0.2, 0.25) is 5.91 Å². The first-order chi connectivity index (χ1) is 14.0. The summed E-state index contributed by atoms with van der Waals surface area (Å²) in [5, 5.41) is 2.89. The second-order valence-corrected chi connectivity index (χ2v) is 7.19. The van der Waals surface area contributed by atoms with Crippen LogP contribution < -0.4 is 16.4 Å². The molecule has 1 N–H and O–H groups in total. The molecular weight excluding hydrogens is 366 g/mol. The highest BCUT2D eigenvalue weighted by Crippen LogP contribution is 2.10. The van der Waals surface area contributed by atoms with Gasteiger partial charge in [0.1, 0.15) is 6.54 Å². The van der Waals surface area contributed by atoms with E-state index in [2.05, 4.69) is 17.4 Å². The van der Waals surface area contributed by atoms with Gasteiger partial charge in [0, 0.05) is 18.4 Å². The summed E-state index contributed by atoms with van der Waals surface area (Å²) >= 11 is 0. The topological polar surface area (TPSA) is 73.1 Å². The van der Waals surface area contributed by atoms with Gasteiger partial charge < -0.3 is 5.32 Å². The molecule has 6 heteroatoms. The lowest BCUT2D eigenvalue weighted by Gasteiger charge is -2.15. The average Bonchev–Trinajstić information content (AvgIpc) is 2.72. The lowest BCUT2D eigenvalue weighted by molar-refractivity contribution is -0.122. The number of amides is 1. The van der Waals surface area contributed by atoms with Crippen molar-refractivity contribution in [3.05, 3.63) is 98.8 Å². The van der Waals surface area contributed by atoms with Crippen LogP contribution in [0.25, 0.3) is 5.69 Å². The molecule has 0 aliphatic heterocycles. The number of hydrogen-bond acceptors (Lipinski definition) is 3. The number of carbonyl (C=O) groups excluding carboxylic acids is 1. The summed E-state index contributed by atoms with van der Waals surface area (Å²) in [6.07, 6.45) is 4.65. The van der Waals surface area contributed by atoms with Crippen molar-refractivity contribution in [2.75, 3.05) is 0 Å². The van der Waals surface area contributed by atoms with Crippen molar-refractivity contribution in [1.29, 1.82) is 0 Å². The number of benzene rings is 2. The fraction of sp³-hybridized carbons (Fsp3) is 0.261. The van der Waals surface area contributed by atoms with Gasteiger partial charge in [0.05, 0.1) is 5.69 Å². The van der Waals surface area contributed by atoms with Gasteiger partial charge in [-0.15, -0.1) is 0 Å². The molecule has 0 bridgehead atoms. The van der Waals surface area contributed by atoms with Crippen molar-refractivity contribution in [3.63, 3.8) is 0 Å². The molecule has 3 aromatic rings. The second kappa shape index (κ2) is 9.19. The van der Waals surface area contributed by atoms with Crippen molar-refractivity contribution >= 4 is 5.91 Å². The van der Waals surface area contributed by atoms with Crippen LogP contribution in [-0.2, 0) is 17.8 Å². The zero-order chi connectivity index (χ0) is 20.8. The third-order valence-electron chi connectivity index (χ3n) is 4.86. The van der Waals surface area contributed by atoms with E-state index in [1.165, 1.54) is 22.5 Å². The lowest BCUT2D eigenvalue weighted by Crippen LogP contribution is -2.44. The molecular formula is C23H25N3O3. The van der Waals surface area contributed by atoms with Gasteiger partial charge in [0.25, 0.3) is 0 Å². The normalized spacial score (nSPS) is 11.8. The Balaban J connectivity index is 1.65. The van der Waals surface area contributed by atoms with Crippen LogP contribution in [0, 0.1) is 6.92 Å². The van der Waals surface area contributed by atoms with Gasteiger partial charge in [-0.25, -0.2) is 0 Å². The minimum Gasteiger partial charge on any atom is -0.352 e. The maximum absolute atomic E-state index is 12.5. The first-order valence-corrected chi connectivity index (χ1v) is 9.67. The van der Waals surface area contributed by atoms with E-state index in [9.17, 15) is 14.4 Å². The summed E-state index contributed by atoms with van der Waals surface area (Å²) < 4.78 is 2.46. The average molecular weight is 391 g/mol. The Morgan fingerprint density at radius 1 is 0.966 bits per heavy atom. The number of aryl methyl sites for hydroxylation is 2. The highest BCUT2D eigenvalue weighted by Gasteiger charge is 2.12. The molecule has 3 rings (SSSR count). The standard InChI is InChI=1S/C23H25N3O3/c1-17-8-6-7-11-20(17)26-15-14-25(22(28)23(26)29)16-21(27)24-18(2)12-13-19-9-4-3-5-10-19/h3-11,14-15,18H,12-13,16H2,1-2H3,(H,24,27)/t18-/m0/s1. The van der Waals surface area contributed by atoms with Crippen molar-refractivity contribution in [2.45, 2.75) is 39.3 Å². The molecule has 1 atom stereocenters. The van der Waals surface area contributed by atoms with Crippen LogP contribution in [0.5, 0.6) is 0 Å². The lowest BCUT2D eigenvalue weighted by atomic mass is 10.1. The number of para-hydroxylation sites is 1. The van der Waals surface area contributed by atoms with Crippen molar-refractivity contribution in [2.24, 2.45) is 0 Å². The number of rotatable bonds is 7. The first kappa shape index (κ1) is 20.3. The van der Waals surface area contributed by atoms with Gasteiger partial charge in [-0.3, -0.25) is 23.5 Å². The number of carbonyl (C=O) groups is 1. The molecule has 0 aliphatic rings. The Bertz CT molecular complexity index is 1100. The smallest absolute Gasteiger partial charge is 0.320 e. The fourth-order valence-corrected chi connectivity index (χ4v) is 3.23. The van der Waals surface area contributed by atoms with Gasteiger partial charge in [0.15, 0.2) is 0 Å². The van der Waals surface area contributed by atoms with Crippen LogP contribution >= 0.6 is 0 Å².